The van der Waals surface area contributed by atoms with Crippen molar-refractivity contribution in [3.8, 4) is 11.5 Å². The van der Waals surface area contributed by atoms with Gasteiger partial charge in [-0.2, -0.15) is 0 Å². The molecule has 0 atom stereocenters. The SMILES string of the molecule is COc1cccc(/C=C2/SC(=Nc3ccccc3)N(Cc3ccccc3)C2=O)c1O. The van der Waals surface area contributed by atoms with E-state index in [0.717, 1.165) is 11.3 Å². The molecule has 0 bridgehead atoms. The van der Waals surface area contributed by atoms with Gasteiger partial charge in [0.1, 0.15) is 0 Å². The highest BCUT2D eigenvalue weighted by Crippen LogP contribution is 2.38. The van der Waals surface area contributed by atoms with Gasteiger partial charge in [-0.25, -0.2) is 4.99 Å². The molecule has 1 heterocycles. The van der Waals surface area contributed by atoms with Crippen molar-refractivity contribution in [2.75, 3.05) is 7.11 Å². The minimum absolute atomic E-state index is 0.00366. The average Bonchev–Trinajstić information content (AvgIpc) is 3.05. The second-order valence-electron chi connectivity index (χ2n) is 6.62. The molecule has 1 aliphatic rings. The van der Waals surface area contributed by atoms with Crippen LogP contribution < -0.4 is 4.74 Å². The van der Waals surface area contributed by atoms with Crippen molar-refractivity contribution >= 4 is 34.6 Å². The van der Waals surface area contributed by atoms with E-state index in [2.05, 4.69) is 0 Å². The Morgan fingerprint density at radius 1 is 1.00 bits per heavy atom. The van der Waals surface area contributed by atoms with Gasteiger partial charge < -0.3 is 9.84 Å². The molecule has 0 spiro atoms. The molecule has 5 nitrogen and oxygen atoms in total. The first-order valence-corrected chi connectivity index (χ1v) is 10.2. The number of methoxy groups -OCH3 is 1. The quantitative estimate of drug-likeness (QED) is 0.581. The van der Waals surface area contributed by atoms with Crippen LogP contribution in [-0.4, -0.2) is 28.2 Å². The summed E-state index contributed by atoms with van der Waals surface area (Å²) in [5.74, 6) is 0.212. The number of rotatable bonds is 5. The van der Waals surface area contributed by atoms with Crippen LogP contribution in [0.25, 0.3) is 6.08 Å². The Hall–Kier alpha value is -3.51. The number of hydrogen-bond donors (Lipinski definition) is 1. The number of amidine groups is 1. The van der Waals surface area contributed by atoms with E-state index in [1.54, 1.807) is 29.2 Å². The van der Waals surface area contributed by atoms with Gasteiger partial charge in [0.2, 0.25) is 0 Å². The molecular weight excluding hydrogens is 396 g/mol. The highest BCUT2D eigenvalue weighted by molar-refractivity contribution is 8.18. The number of thioether (sulfide) groups is 1. The number of ether oxygens (including phenoxy) is 1. The molecule has 0 aliphatic carbocycles. The van der Waals surface area contributed by atoms with E-state index in [1.807, 2.05) is 60.7 Å². The minimum atomic E-state index is -0.152. The Labute approximate surface area is 179 Å². The van der Waals surface area contributed by atoms with Gasteiger partial charge in [-0.15, -0.1) is 0 Å². The number of para-hydroxylation sites is 2. The van der Waals surface area contributed by atoms with Crippen LogP contribution in [-0.2, 0) is 11.3 Å². The lowest BCUT2D eigenvalue weighted by Gasteiger charge is -2.15. The summed E-state index contributed by atoms with van der Waals surface area (Å²) >= 11 is 1.29. The van der Waals surface area contributed by atoms with Crippen molar-refractivity contribution in [1.82, 2.24) is 4.90 Å². The molecule has 1 saturated heterocycles. The Balaban J connectivity index is 1.72. The molecule has 0 unspecified atom stereocenters. The zero-order valence-electron chi connectivity index (χ0n) is 16.4. The van der Waals surface area contributed by atoms with Crippen LogP contribution in [0, 0.1) is 0 Å². The Morgan fingerprint density at radius 2 is 1.70 bits per heavy atom. The molecule has 1 fully saturated rings. The zero-order chi connectivity index (χ0) is 20.9. The van der Waals surface area contributed by atoms with Crippen LogP contribution in [0.3, 0.4) is 0 Å². The van der Waals surface area contributed by atoms with Crippen molar-refractivity contribution in [2.24, 2.45) is 4.99 Å². The van der Waals surface area contributed by atoms with Gasteiger partial charge in [0.15, 0.2) is 16.7 Å². The normalized spacial score (nSPS) is 16.4. The fraction of sp³-hybridized carbons (Fsp3) is 0.0833. The maximum atomic E-state index is 13.2. The third kappa shape index (κ3) is 4.23. The van der Waals surface area contributed by atoms with E-state index in [0.29, 0.717) is 27.9 Å². The lowest BCUT2D eigenvalue weighted by molar-refractivity contribution is -0.122. The summed E-state index contributed by atoms with van der Waals surface area (Å²) < 4.78 is 5.17. The number of carbonyl (C=O) groups excluding carboxylic acids is 1. The molecule has 4 rings (SSSR count). The molecule has 1 amide bonds. The predicted octanol–water partition coefficient (Wildman–Crippen LogP) is 5.21. The van der Waals surface area contributed by atoms with Crippen LogP contribution in [0.5, 0.6) is 11.5 Å². The second-order valence-corrected chi connectivity index (χ2v) is 7.62. The number of nitrogens with zero attached hydrogens (tertiary/aromatic N) is 2. The van der Waals surface area contributed by atoms with Gasteiger partial charge in [-0.05, 0) is 41.6 Å². The maximum Gasteiger partial charge on any atom is 0.267 e. The number of aromatic hydroxyl groups is 1. The van der Waals surface area contributed by atoms with Crippen LogP contribution in [0.1, 0.15) is 11.1 Å². The van der Waals surface area contributed by atoms with Crippen LogP contribution in [0.4, 0.5) is 5.69 Å². The number of hydrogen-bond acceptors (Lipinski definition) is 5. The number of aliphatic imine (C=N–C) groups is 1. The molecule has 3 aromatic rings. The van der Waals surface area contributed by atoms with Crippen LogP contribution in [0.2, 0.25) is 0 Å². The number of benzene rings is 3. The van der Waals surface area contributed by atoms with Gasteiger partial charge in [0.05, 0.1) is 24.2 Å². The summed E-state index contributed by atoms with van der Waals surface area (Å²) in [5, 5.41) is 11.0. The van der Waals surface area contributed by atoms with E-state index in [-0.39, 0.29) is 11.7 Å². The van der Waals surface area contributed by atoms with Crippen LogP contribution in [0.15, 0.2) is 88.8 Å². The van der Waals surface area contributed by atoms with Crippen molar-refractivity contribution in [2.45, 2.75) is 6.54 Å². The molecule has 3 aromatic carbocycles. The number of phenols is 1. The van der Waals surface area contributed by atoms with Crippen molar-refractivity contribution in [3.05, 3.63) is 94.9 Å². The van der Waals surface area contributed by atoms with Crippen molar-refractivity contribution in [3.63, 3.8) is 0 Å². The summed E-state index contributed by atoms with van der Waals surface area (Å²) in [7, 11) is 1.49. The van der Waals surface area contributed by atoms with Gasteiger partial charge >= 0.3 is 0 Å². The predicted molar refractivity (Wildman–Crippen MR) is 121 cm³/mol. The highest BCUT2D eigenvalue weighted by Gasteiger charge is 2.33. The molecule has 1 aliphatic heterocycles. The smallest absolute Gasteiger partial charge is 0.267 e. The van der Waals surface area contributed by atoms with E-state index >= 15 is 0 Å². The fourth-order valence-corrected chi connectivity index (χ4v) is 4.06. The summed E-state index contributed by atoms with van der Waals surface area (Å²) in [5.41, 5.74) is 2.31. The fourth-order valence-electron chi connectivity index (χ4n) is 3.07. The highest BCUT2D eigenvalue weighted by atomic mass is 32.2. The zero-order valence-corrected chi connectivity index (χ0v) is 17.2. The third-order valence-corrected chi connectivity index (χ3v) is 5.60. The summed E-state index contributed by atoms with van der Waals surface area (Å²) in [4.78, 5) is 20.1. The van der Waals surface area contributed by atoms with Gasteiger partial charge in [-0.1, -0.05) is 60.7 Å². The van der Waals surface area contributed by atoms with Gasteiger partial charge in [0.25, 0.3) is 5.91 Å². The van der Waals surface area contributed by atoms with E-state index in [4.69, 9.17) is 9.73 Å². The van der Waals surface area contributed by atoms with Crippen molar-refractivity contribution < 1.29 is 14.6 Å². The first kappa shape index (κ1) is 19.8. The Bertz CT molecular complexity index is 1110. The van der Waals surface area contributed by atoms with E-state index in [1.165, 1.54) is 18.9 Å². The molecule has 0 aromatic heterocycles. The maximum absolute atomic E-state index is 13.2. The average molecular weight is 417 g/mol. The Morgan fingerprint density at radius 3 is 2.40 bits per heavy atom. The molecule has 1 N–H and O–H groups in total. The third-order valence-electron chi connectivity index (χ3n) is 4.59. The number of amides is 1. The summed E-state index contributed by atoms with van der Waals surface area (Å²) in [6, 6.07) is 24.5. The molecule has 150 valence electrons. The standard InChI is InChI=1S/C24H20N2O3S/c1-29-20-14-8-11-18(22(20)27)15-21-23(28)26(16-17-9-4-2-5-10-17)24(30-21)25-19-12-6-3-7-13-19/h2-15,27H,16H2,1H3/b21-15+,25-24?. The summed E-state index contributed by atoms with van der Waals surface area (Å²) in [6.45, 7) is 0.416. The molecule has 6 heteroatoms. The molecule has 30 heavy (non-hydrogen) atoms. The Kier molecular flexibility index (Phi) is 5.86. The minimum Gasteiger partial charge on any atom is -0.504 e. The van der Waals surface area contributed by atoms with E-state index in [9.17, 15) is 9.90 Å². The monoisotopic (exact) mass is 416 g/mol. The topological polar surface area (TPSA) is 62.1 Å². The van der Waals surface area contributed by atoms with Gasteiger partial charge in [-0.3, -0.25) is 9.69 Å². The largest absolute Gasteiger partial charge is 0.504 e. The lowest BCUT2D eigenvalue weighted by Crippen LogP contribution is -2.28. The second kappa shape index (κ2) is 8.88. The van der Waals surface area contributed by atoms with E-state index < -0.39 is 0 Å². The number of carbonyl (C=O) groups is 1. The van der Waals surface area contributed by atoms with Crippen molar-refractivity contribution in [1.29, 1.82) is 0 Å². The first-order valence-electron chi connectivity index (χ1n) is 9.41. The molecule has 0 radical (unpaired) electrons. The van der Waals surface area contributed by atoms with Crippen LogP contribution >= 0.6 is 11.8 Å². The molecular formula is C24H20N2O3S. The number of phenolic OH excluding ortho intramolecular Hbond substituents is 1. The first-order chi connectivity index (χ1) is 14.7. The lowest BCUT2D eigenvalue weighted by atomic mass is 10.1. The van der Waals surface area contributed by atoms with Gasteiger partial charge in [0, 0.05) is 5.56 Å². The molecule has 0 saturated carbocycles. The summed E-state index contributed by atoms with van der Waals surface area (Å²) in [6.07, 6.45) is 1.68.